The zero-order chi connectivity index (χ0) is 19.1. The van der Waals surface area contributed by atoms with Crippen LogP contribution in [-0.2, 0) is 15.7 Å². The van der Waals surface area contributed by atoms with Gasteiger partial charge in [0.15, 0.2) is 5.69 Å². The number of carbonyl (C=O) groups is 2. The van der Waals surface area contributed by atoms with E-state index in [0.717, 1.165) is 7.11 Å². The number of nitrogens with zero attached hydrogens (tertiary/aromatic N) is 1. The fraction of sp³-hybridized carbons (Fsp3) is 0.235. The predicted molar refractivity (Wildman–Crippen MR) is 87.5 cm³/mol. The van der Waals surface area contributed by atoms with Crippen LogP contribution in [0.1, 0.15) is 23.1 Å². The lowest BCUT2D eigenvalue weighted by molar-refractivity contribution is -0.142. The Morgan fingerprint density at radius 2 is 1.92 bits per heavy atom. The number of hydrogen-bond acceptors (Lipinski definition) is 4. The Morgan fingerprint density at radius 3 is 2.58 bits per heavy atom. The summed E-state index contributed by atoms with van der Waals surface area (Å²) in [4.78, 5) is 29.9. The summed E-state index contributed by atoms with van der Waals surface area (Å²) in [6.07, 6.45) is -4.76. The van der Waals surface area contributed by atoms with Gasteiger partial charge in [-0.05, 0) is 19.1 Å². The minimum atomic E-state index is -4.76. The summed E-state index contributed by atoms with van der Waals surface area (Å²) in [6, 6.07) is 6.89. The number of halogens is 3. The fourth-order valence-electron chi connectivity index (χ4n) is 2.67. The first-order valence-electron chi connectivity index (χ1n) is 7.59. The van der Waals surface area contributed by atoms with E-state index in [1.54, 1.807) is 24.3 Å². The number of para-hydroxylation sites is 1. The standard InChI is InChI=1S/C17H14F3N3O3/c1-8(16(25)26-2)21-15(24)12-7-10-9-5-3-4-6-11(9)22-13(10)14(23-12)17(18,19)20/h3-8,22H,1-2H3,(H,21,24)/t8-/m0/s1. The predicted octanol–water partition coefficient (Wildman–Crippen LogP) is 3.03. The maximum Gasteiger partial charge on any atom is 0.435 e. The van der Waals surface area contributed by atoms with Gasteiger partial charge in [-0.25, -0.2) is 9.78 Å². The zero-order valence-corrected chi connectivity index (χ0v) is 13.8. The third kappa shape index (κ3) is 3.07. The normalized spacial score (nSPS) is 13.0. The number of methoxy groups -OCH3 is 1. The van der Waals surface area contributed by atoms with Crippen molar-refractivity contribution < 1.29 is 27.5 Å². The summed E-state index contributed by atoms with van der Waals surface area (Å²) in [6.45, 7) is 1.36. The highest BCUT2D eigenvalue weighted by Crippen LogP contribution is 2.36. The molecule has 2 heterocycles. The number of nitrogens with one attached hydrogen (secondary N) is 2. The molecule has 6 nitrogen and oxygen atoms in total. The smallest absolute Gasteiger partial charge is 0.435 e. The largest absolute Gasteiger partial charge is 0.467 e. The summed E-state index contributed by atoms with van der Waals surface area (Å²) in [5.74, 6) is -1.62. The number of aromatic nitrogens is 2. The number of hydrogen-bond donors (Lipinski definition) is 2. The molecule has 1 amide bonds. The Labute approximate surface area is 145 Å². The molecule has 0 saturated heterocycles. The number of ether oxygens (including phenoxy) is 1. The van der Waals surface area contributed by atoms with Crippen molar-refractivity contribution in [3.8, 4) is 0 Å². The van der Waals surface area contributed by atoms with E-state index in [9.17, 15) is 22.8 Å². The SMILES string of the molecule is COC(=O)[C@H](C)NC(=O)c1cc2c([nH]c3ccccc32)c(C(F)(F)F)n1. The molecule has 0 aliphatic carbocycles. The number of rotatable bonds is 3. The molecule has 0 spiro atoms. The van der Waals surface area contributed by atoms with Gasteiger partial charge in [-0.15, -0.1) is 0 Å². The minimum absolute atomic E-state index is 0.198. The van der Waals surface area contributed by atoms with Gasteiger partial charge in [0, 0.05) is 16.3 Å². The first-order chi connectivity index (χ1) is 12.2. The van der Waals surface area contributed by atoms with Gasteiger partial charge >= 0.3 is 12.1 Å². The van der Waals surface area contributed by atoms with Crippen molar-refractivity contribution in [1.82, 2.24) is 15.3 Å². The Kier molecular flexibility index (Phi) is 4.31. The number of benzene rings is 1. The maximum atomic E-state index is 13.4. The van der Waals surface area contributed by atoms with E-state index in [1.165, 1.54) is 13.0 Å². The first-order valence-corrected chi connectivity index (χ1v) is 7.59. The van der Waals surface area contributed by atoms with Gasteiger partial charge in [0.05, 0.1) is 12.6 Å². The van der Waals surface area contributed by atoms with Gasteiger partial charge in [-0.3, -0.25) is 4.79 Å². The van der Waals surface area contributed by atoms with E-state index in [1.807, 2.05) is 0 Å². The Balaban J connectivity index is 2.16. The second-order valence-electron chi connectivity index (χ2n) is 5.67. The Bertz CT molecular complexity index is 1010. The molecule has 0 bridgehead atoms. The zero-order valence-electron chi connectivity index (χ0n) is 13.8. The molecule has 0 fully saturated rings. The number of aromatic amines is 1. The van der Waals surface area contributed by atoms with Crippen LogP contribution in [0.5, 0.6) is 0 Å². The van der Waals surface area contributed by atoms with Crippen molar-refractivity contribution in [3.63, 3.8) is 0 Å². The lowest BCUT2D eigenvalue weighted by atomic mass is 10.1. The molecule has 1 aromatic carbocycles. The van der Waals surface area contributed by atoms with Gasteiger partial charge in [-0.1, -0.05) is 18.2 Å². The number of pyridine rings is 1. The number of fused-ring (bicyclic) bond motifs is 3. The average molecular weight is 365 g/mol. The molecule has 2 N–H and O–H groups in total. The van der Waals surface area contributed by atoms with Crippen LogP contribution in [0.4, 0.5) is 13.2 Å². The number of carbonyl (C=O) groups excluding carboxylic acids is 2. The molecule has 0 saturated carbocycles. The third-order valence-electron chi connectivity index (χ3n) is 3.90. The summed E-state index contributed by atoms with van der Waals surface area (Å²) in [7, 11) is 1.14. The van der Waals surface area contributed by atoms with Gasteiger partial charge in [0.1, 0.15) is 11.7 Å². The monoisotopic (exact) mass is 365 g/mol. The number of H-pyrrole nitrogens is 1. The minimum Gasteiger partial charge on any atom is -0.467 e. The second-order valence-corrected chi connectivity index (χ2v) is 5.67. The highest BCUT2D eigenvalue weighted by Gasteiger charge is 2.37. The van der Waals surface area contributed by atoms with E-state index in [4.69, 9.17) is 0 Å². The molecule has 1 atom stereocenters. The molecular weight excluding hydrogens is 351 g/mol. The molecule has 9 heteroatoms. The molecule has 26 heavy (non-hydrogen) atoms. The number of alkyl halides is 3. The van der Waals surface area contributed by atoms with Crippen LogP contribution in [0.15, 0.2) is 30.3 Å². The lowest BCUT2D eigenvalue weighted by Gasteiger charge is -2.13. The van der Waals surface area contributed by atoms with Crippen LogP contribution >= 0.6 is 0 Å². The van der Waals surface area contributed by atoms with Crippen molar-refractivity contribution in [1.29, 1.82) is 0 Å². The summed E-state index contributed by atoms with van der Waals surface area (Å²) >= 11 is 0. The topological polar surface area (TPSA) is 84.1 Å². The van der Waals surface area contributed by atoms with Crippen LogP contribution in [0.3, 0.4) is 0 Å². The van der Waals surface area contributed by atoms with Crippen LogP contribution in [0.2, 0.25) is 0 Å². The van der Waals surface area contributed by atoms with Crippen LogP contribution in [0, 0.1) is 0 Å². The van der Waals surface area contributed by atoms with Gasteiger partial charge in [0.25, 0.3) is 5.91 Å². The number of amides is 1. The quantitative estimate of drug-likeness (QED) is 0.699. The molecule has 0 aliphatic rings. The molecule has 136 valence electrons. The highest BCUT2D eigenvalue weighted by molar-refractivity contribution is 6.10. The molecule has 3 rings (SSSR count). The number of esters is 1. The van der Waals surface area contributed by atoms with Crippen molar-refractivity contribution in [2.24, 2.45) is 0 Å². The van der Waals surface area contributed by atoms with Gasteiger partial charge in [-0.2, -0.15) is 13.2 Å². The van der Waals surface area contributed by atoms with Crippen molar-refractivity contribution in [3.05, 3.63) is 41.7 Å². The molecule has 3 aromatic rings. The summed E-state index contributed by atoms with van der Waals surface area (Å²) in [5.41, 5.74) is -1.33. The van der Waals surface area contributed by atoms with E-state index >= 15 is 0 Å². The molecule has 0 radical (unpaired) electrons. The van der Waals surface area contributed by atoms with E-state index in [2.05, 4.69) is 20.0 Å². The maximum absolute atomic E-state index is 13.4. The first kappa shape index (κ1) is 17.7. The van der Waals surface area contributed by atoms with Crippen LogP contribution in [-0.4, -0.2) is 35.0 Å². The molecule has 0 unspecified atom stereocenters. The molecule has 2 aromatic heterocycles. The van der Waals surface area contributed by atoms with E-state index in [-0.39, 0.29) is 10.9 Å². The fourth-order valence-corrected chi connectivity index (χ4v) is 2.67. The van der Waals surface area contributed by atoms with E-state index in [0.29, 0.717) is 10.9 Å². The Morgan fingerprint density at radius 1 is 1.23 bits per heavy atom. The second kappa shape index (κ2) is 6.32. The van der Waals surface area contributed by atoms with Gasteiger partial charge < -0.3 is 15.0 Å². The molecule has 0 aliphatic heterocycles. The summed E-state index contributed by atoms with van der Waals surface area (Å²) < 4.78 is 44.8. The lowest BCUT2D eigenvalue weighted by Crippen LogP contribution is -2.39. The van der Waals surface area contributed by atoms with E-state index < -0.39 is 35.5 Å². The van der Waals surface area contributed by atoms with Crippen LogP contribution < -0.4 is 5.32 Å². The third-order valence-corrected chi connectivity index (χ3v) is 3.90. The van der Waals surface area contributed by atoms with Crippen molar-refractivity contribution in [2.45, 2.75) is 19.1 Å². The van der Waals surface area contributed by atoms with Crippen molar-refractivity contribution >= 4 is 33.7 Å². The average Bonchev–Trinajstić information content (AvgIpc) is 2.97. The van der Waals surface area contributed by atoms with Crippen LogP contribution in [0.25, 0.3) is 21.8 Å². The van der Waals surface area contributed by atoms with Crippen molar-refractivity contribution in [2.75, 3.05) is 7.11 Å². The highest BCUT2D eigenvalue weighted by atomic mass is 19.4. The van der Waals surface area contributed by atoms with Gasteiger partial charge in [0.2, 0.25) is 0 Å². The molecular formula is C17H14F3N3O3. The summed E-state index contributed by atoms with van der Waals surface area (Å²) in [5, 5.41) is 3.03. The Hall–Kier alpha value is -3.10.